The molecule has 1 N–H and O–H groups in total. The molecule has 25 heavy (non-hydrogen) atoms. The fourth-order valence-electron chi connectivity index (χ4n) is 3.11. The molecule has 3 aromatic rings. The summed E-state index contributed by atoms with van der Waals surface area (Å²) in [7, 11) is 0. The van der Waals surface area contributed by atoms with Gasteiger partial charge in [-0.1, -0.05) is 12.1 Å². The van der Waals surface area contributed by atoms with Crippen molar-refractivity contribution in [1.29, 1.82) is 0 Å². The maximum atomic E-state index is 13.1. The molecule has 7 nitrogen and oxygen atoms in total. The zero-order valence-electron chi connectivity index (χ0n) is 13.5. The van der Waals surface area contributed by atoms with E-state index in [1.165, 1.54) is 18.5 Å². The molecule has 1 aliphatic heterocycles. The summed E-state index contributed by atoms with van der Waals surface area (Å²) in [5, 5.41) is 14.3. The molecular formula is C17H18FN5O2. The van der Waals surface area contributed by atoms with Gasteiger partial charge in [-0.2, -0.15) is 5.10 Å². The van der Waals surface area contributed by atoms with E-state index >= 15 is 0 Å². The van der Waals surface area contributed by atoms with Crippen LogP contribution in [0.3, 0.4) is 0 Å². The number of morpholine rings is 1. The van der Waals surface area contributed by atoms with Crippen LogP contribution in [0.1, 0.15) is 11.7 Å². The molecule has 2 aromatic heterocycles. The molecule has 8 heteroatoms. The van der Waals surface area contributed by atoms with Crippen molar-refractivity contribution in [2.75, 3.05) is 31.2 Å². The molecule has 1 fully saturated rings. The first kappa shape index (κ1) is 15.9. The highest BCUT2D eigenvalue weighted by molar-refractivity contribution is 5.86. The second kappa shape index (κ2) is 6.73. The van der Waals surface area contributed by atoms with E-state index in [-0.39, 0.29) is 18.5 Å². The number of hydrogen-bond acceptors (Lipinski definition) is 6. The van der Waals surface area contributed by atoms with E-state index in [1.807, 2.05) is 0 Å². The minimum atomic E-state index is -0.259. The highest BCUT2D eigenvalue weighted by Crippen LogP contribution is 2.29. The van der Waals surface area contributed by atoms with E-state index in [1.54, 1.807) is 23.0 Å². The highest BCUT2D eigenvalue weighted by Gasteiger charge is 2.25. The maximum Gasteiger partial charge on any atom is 0.163 e. The van der Waals surface area contributed by atoms with E-state index in [9.17, 15) is 4.39 Å². The lowest BCUT2D eigenvalue weighted by Gasteiger charge is -2.34. The minimum absolute atomic E-state index is 0.000309. The summed E-state index contributed by atoms with van der Waals surface area (Å²) in [5.41, 5.74) is 1.64. The molecule has 0 bridgehead atoms. The van der Waals surface area contributed by atoms with Crippen LogP contribution in [0.5, 0.6) is 0 Å². The van der Waals surface area contributed by atoms with Crippen LogP contribution in [0.15, 0.2) is 36.8 Å². The Morgan fingerprint density at radius 1 is 1.24 bits per heavy atom. The number of fused-ring (bicyclic) bond motifs is 1. The van der Waals surface area contributed by atoms with Gasteiger partial charge in [0.1, 0.15) is 24.1 Å². The first-order chi connectivity index (χ1) is 12.3. The van der Waals surface area contributed by atoms with Crippen LogP contribution in [0.4, 0.5) is 10.2 Å². The van der Waals surface area contributed by atoms with Gasteiger partial charge >= 0.3 is 0 Å². The number of rotatable bonds is 4. The van der Waals surface area contributed by atoms with E-state index in [2.05, 4.69) is 20.0 Å². The third kappa shape index (κ3) is 3.06. The van der Waals surface area contributed by atoms with Crippen molar-refractivity contribution in [3.8, 4) is 0 Å². The lowest BCUT2D eigenvalue weighted by molar-refractivity contribution is 0.0396. The SMILES string of the molecule is OCCn1ncc2c(N3CCO[C@H](c4ccc(F)cc4)C3)ncnc21. The Labute approximate surface area is 143 Å². The first-order valence-corrected chi connectivity index (χ1v) is 8.15. The summed E-state index contributed by atoms with van der Waals surface area (Å²) in [6.07, 6.45) is 3.09. The smallest absolute Gasteiger partial charge is 0.163 e. The summed E-state index contributed by atoms with van der Waals surface area (Å²) in [5.74, 6) is 0.537. The van der Waals surface area contributed by atoms with Crippen LogP contribution in [0, 0.1) is 5.82 Å². The predicted molar refractivity (Wildman–Crippen MR) is 89.7 cm³/mol. The van der Waals surface area contributed by atoms with Gasteiger partial charge in [0.05, 0.1) is 31.3 Å². The normalized spacial score (nSPS) is 18.0. The van der Waals surface area contributed by atoms with Crippen molar-refractivity contribution >= 4 is 16.9 Å². The summed E-state index contributed by atoms with van der Waals surface area (Å²) in [6.45, 7) is 2.26. The molecule has 0 spiro atoms. The number of aromatic nitrogens is 4. The van der Waals surface area contributed by atoms with Gasteiger partial charge < -0.3 is 14.7 Å². The second-order valence-corrected chi connectivity index (χ2v) is 5.88. The summed E-state index contributed by atoms with van der Waals surface area (Å²) >= 11 is 0. The summed E-state index contributed by atoms with van der Waals surface area (Å²) in [6, 6.07) is 6.38. The molecule has 0 amide bonds. The van der Waals surface area contributed by atoms with Crippen LogP contribution in [0.2, 0.25) is 0 Å². The standard InChI is InChI=1S/C17H18FN5O2/c18-13-3-1-12(2-4-13)15-10-22(6-8-25-15)16-14-9-21-23(5-7-24)17(14)20-11-19-16/h1-4,9,11,15,24H,5-8,10H2/t15-/m0/s1. The Bertz CT molecular complexity index is 867. The molecule has 1 atom stereocenters. The molecule has 4 rings (SSSR count). The number of benzene rings is 1. The number of nitrogens with zero attached hydrogens (tertiary/aromatic N) is 5. The molecule has 1 saturated heterocycles. The Morgan fingerprint density at radius 2 is 2.08 bits per heavy atom. The van der Waals surface area contributed by atoms with E-state index in [0.717, 1.165) is 16.8 Å². The van der Waals surface area contributed by atoms with Crippen LogP contribution >= 0.6 is 0 Å². The molecular weight excluding hydrogens is 325 g/mol. The van der Waals surface area contributed by atoms with E-state index < -0.39 is 0 Å². The van der Waals surface area contributed by atoms with Gasteiger partial charge in [0.25, 0.3) is 0 Å². The fourth-order valence-corrected chi connectivity index (χ4v) is 3.11. The number of ether oxygens (including phenoxy) is 1. The summed E-state index contributed by atoms with van der Waals surface area (Å²) < 4.78 is 20.7. The van der Waals surface area contributed by atoms with Crippen molar-refractivity contribution in [1.82, 2.24) is 19.7 Å². The Morgan fingerprint density at radius 3 is 2.88 bits per heavy atom. The predicted octanol–water partition coefficient (Wildman–Crippen LogP) is 1.54. The Hall–Kier alpha value is -2.58. The van der Waals surface area contributed by atoms with Crippen molar-refractivity contribution < 1.29 is 14.2 Å². The van der Waals surface area contributed by atoms with E-state index in [0.29, 0.717) is 31.9 Å². The fraction of sp³-hybridized carbons (Fsp3) is 0.353. The van der Waals surface area contributed by atoms with Crippen molar-refractivity contribution in [2.45, 2.75) is 12.6 Å². The largest absolute Gasteiger partial charge is 0.394 e. The first-order valence-electron chi connectivity index (χ1n) is 8.15. The van der Waals surface area contributed by atoms with Crippen LogP contribution < -0.4 is 4.90 Å². The van der Waals surface area contributed by atoms with E-state index in [4.69, 9.17) is 9.84 Å². The molecule has 0 radical (unpaired) electrons. The zero-order chi connectivity index (χ0) is 17.2. The van der Waals surface area contributed by atoms with Crippen molar-refractivity contribution in [2.24, 2.45) is 0 Å². The third-order valence-electron chi connectivity index (χ3n) is 4.33. The average Bonchev–Trinajstić information content (AvgIpc) is 3.06. The van der Waals surface area contributed by atoms with Crippen LogP contribution in [0.25, 0.3) is 11.0 Å². The van der Waals surface area contributed by atoms with Crippen molar-refractivity contribution in [3.63, 3.8) is 0 Å². The quantitative estimate of drug-likeness (QED) is 0.774. The zero-order valence-corrected chi connectivity index (χ0v) is 13.5. The van der Waals surface area contributed by atoms with Gasteiger partial charge in [0.15, 0.2) is 5.65 Å². The van der Waals surface area contributed by atoms with Gasteiger partial charge in [0.2, 0.25) is 0 Å². The van der Waals surface area contributed by atoms with Gasteiger partial charge in [-0.15, -0.1) is 0 Å². The number of aliphatic hydroxyl groups excluding tert-OH is 1. The van der Waals surface area contributed by atoms with Gasteiger partial charge in [-0.3, -0.25) is 0 Å². The van der Waals surface area contributed by atoms with Crippen LogP contribution in [-0.4, -0.2) is 51.2 Å². The monoisotopic (exact) mass is 343 g/mol. The molecule has 0 unspecified atom stereocenters. The van der Waals surface area contributed by atoms with Gasteiger partial charge in [-0.05, 0) is 17.7 Å². The Kier molecular flexibility index (Phi) is 4.29. The summed E-state index contributed by atoms with van der Waals surface area (Å²) in [4.78, 5) is 10.8. The number of anilines is 1. The third-order valence-corrected chi connectivity index (χ3v) is 4.33. The number of aliphatic hydroxyl groups is 1. The topological polar surface area (TPSA) is 76.3 Å². The molecule has 1 aliphatic rings. The second-order valence-electron chi connectivity index (χ2n) is 5.88. The minimum Gasteiger partial charge on any atom is -0.394 e. The number of hydrogen-bond donors (Lipinski definition) is 1. The molecule has 1 aromatic carbocycles. The lowest BCUT2D eigenvalue weighted by Crippen LogP contribution is -2.39. The lowest BCUT2D eigenvalue weighted by atomic mass is 10.1. The van der Waals surface area contributed by atoms with Crippen LogP contribution in [-0.2, 0) is 11.3 Å². The van der Waals surface area contributed by atoms with Crippen molar-refractivity contribution in [3.05, 3.63) is 48.2 Å². The molecule has 0 aliphatic carbocycles. The maximum absolute atomic E-state index is 13.1. The molecule has 3 heterocycles. The number of halogens is 1. The molecule has 0 saturated carbocycles. The molecule has 130 valence electrons. The van der Waals surface area contributed by atoms with Gasteiger partial charge in [0, 0.05) is 13.1 Å². The Balaban J connectivity index is 1.63. The average molecular weight is 343 g/mol. The van der Waals surface area contributed by atoms with Gasteiger partial charge in [-0.25, -0.2) is 19.0 Å². The highest BCUT2D eigenvalue weighted by atomic mass is 19.1.